The first kappa shape index (κ1) is 20.7. The number of phenols is 1. The summed E-state index contributed by atoms with van der Waals surface area (Å²) in [5.41, 5.74) is 9.99. The number of hydrogen-bond donors (Lipinski definition) is 4. The van der Waals surface area contributed by atoms with Gasteiger partial charge in [0.2, 0.25) is 0 Å². The Morgan fingerprint density at radius 3 is 1.84 bits per heavy atom. The Labute approximate surface area is 151 Å². The Balaban J connectivity index is 0.000000293. The first-order valence-electron chi connectivity index (χ1n) is 8.41. The summed E-state index contributed by atoms with van der Waals surface area (Å²) in [4.78, 5) is 0. The molecule has 0 bridgehead atoms. The fourth-order valence-corrected chi connectivity index (χ4v) is 2.32. The van der Waals surface area contributed by atoms with Gasteiger partial charge < -0.3 is 10.8 Å². The van der Waals surface area contributed by atoms with Gasteiger partial charge in [0.25, 0.3) is 0 Å². The minimum absolute atomic E-state index is 0.0435. The fourth-order valence-electron chi connectivity index (χ4n) is 2.32. The van der Waals surface area contributed by atoms with Crippen LogP contribution in [0.2, 0.25) is 0 Å². The second-order valence-electron chi connectivity index (χ2n) is 8.51. The molecule has 4 heteroatoms. The molecule has 0 spiro atoms. The van der Waals surface area contributed by atoms with E-state index in [1.165, 1.54) is 0 Å². The Morgan fingerprint density at radius 1 is 0.880 bits per heavy atom. The molecule has 1 aliphatic rings. The summed E-state index contributed by atoms with van der Waals surface area (Å²) in [6.45, 7) is 14.6. The summed E-state index contributed by atoms with van der Waals surface area (Å²) in [5, 5.41) is 24.3. The van der Waals surface area contributed by atoms with Crippen LogP contribution in [0.1, 0.15) is 59.6 Å². The molecule has 4 nitrogen and oxygen atoms in total. The van der Waals surface area contributed by atoms with Gasteiger partial charge in [-0.1, -0.05) is 53.7 Å². The van der Waals surface area contributed by atoms with E-state index in [1.807, 2.05) is 19.1 Å². The van der Waals surface area contributed by atoms with Gasteiger partial charge in [0.05, 0.1) is 17.1 Å². The van der Waals surface area contributed by atoms with Crippen molar-refractivity contribution in [3.63, 3.8) is 0 Å². The van der Waals surface area contributed by atoms with E-state index in [0.717, 1.165) is 16.7 Å². The van der Waals surface area contributed by atoms with Gasteiger partial charge in [-0.25, -0.2) is 0 Å². The first-order chi connectivity index (χ1) is 11.2. The second kappa shape index (κ2) is 7.26. The van der Waals surface area contributed by atoms with Crippen molar-refractivity contribution in [1.29, 1.82) is 10.8 Å². The number of aromatic hydroxyl groups is 1. The van der Waals surface area contributed by atoms with Crippen LogP contribution in [0.15, 0.2) is 35.9 Å². The van der Waals surface area contributed by atoms with Gasteiger partial charge in [-0.05, 0) is 47.1 Å². The molecule has 0 aromatic heterocycles. The zero-order chi connectivity index (χ0) is 19.6. The van der Waals surface area contributed by atoms with Gasteiger partial charge >= 0.3 is 0 Å². The van der Waals surface area contributed by atoms with E-state index in [1.54, 1.807) is 12.2 Å². The van der Waals surface area contributed by atoms with E-state index >= 15 is 0 Å². The predicted molar refractivity (Wildman–Crippen MR) is 108 cm³/mol. The van der Waals surface area contributed by atoms with E-state index < -0.39 is 0 Å². The summed E-state index contributed by atoms with van der Waals surface area (Å²) in [6.07, 6.45) is 5.15. The van der Waals surface area contributed by atoms with Gasteiger partial charge in [0.1, 0.15) is 5.75 Å². The summed E-state index contributed by atoms with van der Waals surface area (Å²) in [6, 6.07) is 3.93. The highest BCUT2D eigenvalue weighted by Crippen LogP contribution is 2.38. The molecule has 5 N–H and O–H groups in total. The van der Waals surface area contributed by atoms with Crippen molar-refractivity contribution in [2.24, 2.45) is 0 Å². The van der Waals surface area contributed by atoms with Crippen LogP contribution in [0.4, 0.5) is 5.69 Å². The molecule has 136 valence electrons. The van der Waals surface area contributed by atoms with Crippen molar-refractivity contribution in [2.45, 2.75) is 59.3 Å². The molecule has 0 saturated heterocycles. The van der Waals surface area contributed by atoms with Gasteiger partial charge in [-0.2, -0.15) is 0 Å². The number of anilines is 1. The Kier molecular flexibility index (Phi) is 6.00. The van der Waals surface area contributed by atoms with E-state index in [9.17, 15) is 5.11 Å². The van der Waals surface area contributed by atoms with Crippen molar-refractivity contribution >= 4 is 17.1 Å². The van der Waals surface area contributed by atoms with Crippen LogP contribution in [0.3, 0.4) is 0 Å². The third kappa shape index (κ3) is 5.59. The molecule has 2 rings (SSSR count). The molecule has 0 fully saturated rings. The van der Waals surface area contributed by atoms with Crippen LogP contribution in [0, 0.1) is 10.8 Å². The predicted octanol–water partition coefficient (Wildman–Crippen LogP) is 5.11. The SMILES string of the molecule is CC(C)(C)c1cc(N)c(O)c(C(C)(C)C)c1.CC1=CC(=N)C(=N)C=C1. The molecule has 25 heavy (non-hydrogen) atoms. The molecule has 0 unspecified atom stereocenters. The summed E-state index contributed by atoms with van der Waals surface area (Å²) >= 11 is 0. The molecule has 1 aromatic carbocycles. The second-order valence-corrected chi connectivity index (χ2v) is 8.51. The van der Waals surface area contributed by atoms with Crippen LogP contribution in [0.5, 0.6) is 5.75 Å². The van der Waals surface area contributed by atoms with Crippen LogP contribution >= 0.6 is 0 Å². The van der Waals surface area contributed by atoms with Crippen molar-refractivity contribution in [3.05, 3.63) is 47.1 Å². The minimum Gasteiger partial charge on any atom is -0.505 e. The highest BCUT2D eigenvalue weighted by molar-refractivity contribution is 6.49. The third-order valence-corrected chi connectivity index (χ3v) is 3.99. The number of nitrogens with two attached hydrogens (primary N) is 1. The third-order valence-electron chi connectivity index (χ3n) is 3.99. The number of benzene rings is 1. The fraction of sp³-hybridized carbons (Fsp3) is 0.429. The molecule has 0 atom stereocenters. The largest absolute Gasteiger partial charge is 0.505 e. The standard InChI is InChI=1S/C14H23NO.C7H8N2/c1-13(2,3)9-7-10(14(4,5)6)12(16)11(15)8-9;1-5-2-3-6(8)7(9)4-5/h7-8,16H,15H2,1-6H3;2-4,8-9H,1H3. The molecule has 0 saturated carbocycles. The lowest BCUT2D eigenvalue weighted by molar-refractivity contribution is 0.447. The minimum atomic E-state index is -0.0978. The smallest absolute Gasteiger partial charge is 0.142 e. The first-order valence-corrected chi connectivity index (χ1v) is 8.41. The molecule has 0 aliphatic heterocycles. The van der Waals surface area contributed by atoms with E-state index in [-0.39, 0.29) is 16.6 Å². The van der Waals surface area contributed by atoms with Crippen molar-refractivity contribution in [1.82, 2.24) is 0 Å². The van der Waals surface area contributed by atoms with Crippen LogP contribution in [-0.4, -0.2) is 16.5 Å². The van der Waals surface area contributed by atoms with E-state index in [2.05, 4.69) is 47.6 Å². The van der Waals surface area contributed by atoms with Gasteiger partial charge in [-0.3, -0.25) is 10.8 Å². The average Bonchev–Trinajstić information content (AvgIpc) is 2.44. The quantitative estimate of drug-likeness (QED) is 0.300. The van der Waals surface area contributed by atoms with Crippen LogP contribution in [0.25, 0.3) is 0 Å². The average molecular weight is 341 g/mol. The molecule has 0 radical (unpaired) electrons. The monoisotopic (exact) mass is 341 g/mol. The lowest BCUT2D eigenvalue weighted by Gasteiger charge is -2.26. The maximum absolute atomic E-state index is 10.00. The zero-order valence-electron chi connectivity index (χ0n) is 16.4. The number of nitrogen functional groups attached to an aromatic ring is 1. The molecule has 1 aliphatic carbocycles. The normalized spacial score (nSPS) is 14.8. The molecular formula is C21H31N3O. The summed E-state index contributed by atoms with van der Waals surface area (Å²) in [5.74, 6) is 0.223. The maximum atomic E-state index is 10.00. The van der Waals surface area contributed by atoms with Crippen LogP contribution in [-0.2, 0) is 10.8 Å². The summed E-state index contributed by atoms with van der Waals surface area (Å²) < 4.78 is 0. The number of rotatable bonds is 0. The molecule has 0 amide bonds. The Bertz CT molecular complexity index is 742. The van der Waals surface area contributed by atoms with Crippen molar-refractivity contribution in [3.8, 4) is 5.75 Å². The highest BCUT2D eigenvalue weighted by Gasteiger charge is 2.23. The zero-order valence-corrected chi connectivity index (χ0v) is 16.4. The number of allylic oxidation sites excluding steroid dienone is 4. The molecule has 1 aromatic rings. The van der Waals surface area contributed by atoms with Crippen molar-refractivity contribution in [2.75, 3.05) is 5.73 Å². The van der Waals surface area contributed by atoms with Crippen LogP contribution < -0.4 is 5.73 Å². The van der Waals surface area contributed by atoms with Gasteiger partial charge in [-0.15, -0.1) is 0 Å². The van der Waals surface area contributed by atoms with Gasteiger partial charge in [0, 0.05) is 5.56 Å². The number of phenolic OH excluding ortho intramolecular Hbond substituents is 1. The molecule has 0 heterocycles. The van der Waals surface area contributed by atoms with Gasteiger partial charge in [0.15, 0.2) is 0 Å². The lowest BCUT2D eigenvalue weighted by Crippen LogP contribution is -2.17. The lowest BCUT2D eigenvalue weighted by atomic mass is 9.80. The maximum Gasteiger partial charge on any atom is 0.142 e. The van der Waals surface area contributed by atoms with E-state index in [0.29, 0.717) is 17.1 Å². The Morgan fingerprint density at radius 2 is 1.44 bits per heavy atom. The highest BCUT2D eigenvalue weighted by atomic mass is 16.3. The topological polar surface area (TPSA) is 93.9 Å². The van der Waals surface area contributed by atoms with E-state index in [4.69, 9.17) is 16.6 Å². The Hall–Kier alpha value is -2.36. The molecular weight excluding hydrogens is 310 g/mol. The number of nitrogens with one attached hydrogen (secondary N) is 2. The number of hydrogen-bond acceptors (Lipinski definition) is 4. The summed E-state index contributed by atoms with van der Waals surface area (Å²) in [7, 11) is 0. The van der Waals surface area contributed by atoms with Crippen molar-refractivity contribution < 1.29 is 5.11 Å².